The Hall–Kier alpha value is -5.46. The van der Waals surface area contributed by atoms with Gasteiger partial charge in [0.15, 0.2) is 11.5 Å². The zero-order chi connectivity index (χ0) is 41.3. The highest BCUT2D eigenvalue weighted by molar-refractivity contribution is 5.87. The number of esters is 2. The van der Waals surface area contributed by atoms with Crippen molar-refractivity contribution in [3.8, 4) is 17.2 Å². The molecular formula is C38H45F3N2O13. The van der Waals surface area contributed by atoms with Crippen molar-refractivity contribution in [2.75, 3.05) is 26.9 Å². The highest BCUT2D eigenvalue weighted by atomic mass is 19.4. The van der Waals surface area contributed by atoms with Gasteiger partial charge in [0.1, 0.15) is 37.7 Å². The monoisotopic (exact) mass is 794 g/mol. The van der Waals surface area contributed by atoms with E-state index in [1.807, 2.05) is 12.2 Å². The largest absolute Gasteiger partial charge is 0.493 e. The van der Waals surface area contributed by atoms with Crippen molar-refractivity contribution in [1.82, 2.24) is 5.32 Å². The predicted octanol–water partition coefficient (Wildman–Crippen LogP) is 4.36. The third-order valence-corrected chi connectivity index (χ3v) is 8.47. The number of hydrogen-bond acceptors (Lipinski definition) is 13. The fourth-order valence-corrected chi connectivity index (χ4v) is 5.62. The van der Waals surface area contributed by atoms with E-state index in [1.165, 1.54) is 56.5 Å². The van der Waals surface area contributed by atoms with E-state index in [1.54, 1.807) is 6.08 Å². The van der Waals surface area contributed by atoms with Crippen molar-refractivity contribution >= 4 is 23.9 Å². The molecule has 0 spiro atoms. The lowest BCUT2D eigenvalue weighted by molar-refractivity contribution is -0.757. The Morgan fingerprint density at radius 2 is 1.84 bits per heavy atom. The van der Waals surface area contributed by atoms with E-state index < -0.39 is 65.6 Å². The van der Waals surface area contributed by atoms with Gasteiger partial charge in [-0.2, -0.15) is 13.2 Å². The van der Waals surface area contributed by atoms with Gasteiger partial charge in [-0.05, 0) is 74.1 Å². The Balaban J connectivity index is 1.39. The molecule has 0 bridgehead atoms. The molecule has 1 aliphatic rings. The van der Waals surface area contributed by atoms with Gasteiger partial charge < -0.3 is 44.4 Å². The SMILES string of the molecule is COc1cc(/C=C/C(=O)OCCO[N+](=O)[O-])ccc1OC(=O)C(C)NC(=O)CCC/C=C\C[C@@H]1[C@@H](/C=C/[C@@H](O)COc2cccc(C(F)(F)F)c2)[C@H](O)C[C@@H]1O. The van der Waals surface area contributed by atoms with E-state index in [4.69, 9.17) is 18.9 Å². The second kappa shape index (κ2) is 22.2. The van der Waals surface area contributed by atoms with Crippen LogP contribution in [0.2, 0.25) is 0 Å². The van der Waals surface area contributed by atoms with Crippen LogP contribution in [0, 0.1) is 22.0 Å². The molecule has 56 heavy (non-hydrogen) atoms. The smallest absolute Gasteiger partial charge is 0.416 e. The lowest BCUT2D eigenvalue weighted by atomic mass is 9.89. The molecule has 1 fully saturated rings. The Morgan fingerprint density at radius 3 is 2.55 bits per heavy atom. The quantitative estimate of drug-likeness (QED) is 0.0264. The molecule has 0 radical (unpaired) electrons. The molecule has 4 N–H and O–H groups in total. The van der Waals surface area contributed by atoms with E-state index in [-0.39, 0.29) is 55.1 Å². The molecule has 3 rings (SSSR count). The number of halogens is 3. The maximum absolute atomic E-state index is 12.9. The van der Waals surface area contributed by atoms with E-state index in [2.05, 4.69) is 10.2 Å². The van der Waals surface area contributed by atoms with Gasteiger partial charge in [-0.1, -0.05) is 36.4 Å². The van der Waals surface area contributed by atoms with Crippen molar-refractivity contribution in [3.05, 3.63) is 94.1 Å². The standard InChI is InChI=1S/C38H45F3N2O13/c1-24(37(49)56-33-16-12-25(20-34(33)52-2)13-17-36(48)53-18-19-55-43(50)51)42-35(47)11-6-4-3-5-10-29-30(32(46)22-31(29)45)15-14-27(44)23-54-28-9-7-8-26(21-28)38(39,40)41/h3,5,7-9,12-17,20-21,24,27,29-32,44-46H,4,6,10-11,18-19,22-23H2,1-2H3,(H,42,47)/b5-3-,15-14+,17-13+/t24?,27-,29-,30-,31+,32-/m1/s1. The van der Waals surface area contributed by atoms with Crippen LogP contribution in [0.25, 0.3) is 6.08 Å². The first-order valence-corrected chi connectivity index (χ1v) is 17.6. The van der Waals surface area contributed by atoms with Crippen LogP contribution in [-0.2, 0) is 30.1 Å². The molecule has 0 aliphatic heterocycles. The number of nitrogens with zero attached hydrogens (tertiary/aromatic N) is 1. The summed E-state index contributed by atoms with van der Waals surface area (Å²) in [5.41, 5.74) is -0.388. The Morgan fingerprint density at radius 1 is 1.07 bits per heavy atom. The first-order chi connectivity index (χ1) is 26.6. The van der Waals surface area contributed by atoms with E-state index in [0.29, 0.717) is 24.8 Å². The number of carbonyl (C=O) groups excluding carboxylic acids is 3. The number of benzene rings is 2. The molecule has 0 aromatic heterocycles. The first kappa shape index (κ1) is 44.9. The molecule has 1 saturated carbocycles. The number of amides is 1. The Kier molecular flexibility index (Phi) is 17.8. The van der Waals surface area contributed by atoms with Gasteiger partial charge in [0, 0.05) is 24.8 Å². The van der Waals surface area contributed by atoms with Gasteiger partial charge in [0.25, 0.3) is 5.09 Å². The molecule has 18 heteroatoms. The summed E-state index contributed by atoms with van der Waals surface area (Å²) in [7, 11) is 1.35. The molecule has 1 aliphatic carbocycles. The zero-order valence-corrected chi connectivity index (χ0v) is 30.6. The maximum atomic E-state index is 12.9. The number of aliphatic hydroxyl groups excluding tert-OH is 3. The minimum absolute atomic E-state index is 0.0549. The molecule has 2 aromatic carbocycles. The number of alkyl halides is 3. The average Bonchev–Trinajstić information content (AvgIpc) is 3.42. The summed E-state index contributed by atoms with van der Waals surface area (Å²) in [6.07, 6.45) is 3.32. The number of rotatable bonds is 21. The Bertz CT molecular complexity index is 1720. The van der Waals surface area contributed by atoms with Gasteiger partial charge in [-0.15, -0.1) is 10.1 Å². The van der Waals surface area contributed by atoms with Crippen LogP contribution in [0.1, 0.15) is 50.2 Å². The predicted molar refractivity (Wildman–Crippen MR) is 192 cm³/mol. The molecule has 1 amide bonds. The van der Waals surface area contributed by atoms with Gasteiger partial charge in [-0.25, -0.2) is 9.59 Å². The van der Waals surface area contributed by atoms with Crippen molar-refractivity contribution in [1.29, 1.82) is 0 Å². The molecule has 2 aromatic rings. The van der Waals surface area contributed by atoms with Gasteiger partial charge in [0.05, 0.1) is 24.9 Å². The van der Waals surface area contributed by atoms with Crippen LogP contribution < -0.4 is 19.5 Å². The van der Waals surface area contributed by atoms with Crippen LogP contribution >= 0.6 is 0 Å². The van der Waals surface area contributed by atoms with Crippen LogP contribution in [-0.4, -0.2) is 89.5 Å². The van der Waals surface area contributed by atoms with Crippen molar-refractivity contribution in [3.63, 3.8) is 0 Å². The van der Waals surface area contributed by atoms with E-state index in [0.717, 1.165) is 18.2 Å². The Labute approximate surface area is 320 Å². The molecule has 0 heterocycles. The number of methoxy groups -OCH3 is 1. The summed E-state index contributed by atoms with van der Waals surface area (Å²) < 4.78 is 59.6. The van der Waals surface area contributed by atoms with Crippen LogP contribution in [0.3, 0.4) is 0 Å². The highest BCUT2D eigenvalue weighted by Crippen LogP contribution is 2.36. The topological polar surface area (TPSA) is 213 Å². The van der Waals surface area contributed by atoms with Crippen molar-refractivity contribution in [2.45, 2.75) is 69.6 Å². The summed E-state index contributed by atoms with van der Waals surface area (Å²) in [4.78, 5) is 51.1. The minimum Gasteiger partial charge on any atom is -0.493 e. The zero-order valence-electron chi connectivity index (χ0n) is 30.6. The molecule has 0 saturated heterocycles. The number of hydrogen-bond donors (Lipinski definition) is 4. The maximum Gasteiger partial charge on any atom is 0.416 e. The van der Waals surface area contributed by atoms with Crippen LogP contribution in [0.15, 0.2) is 72.8 Å². The van der Waals surface area contributed by atoms with E-state index >= 15 is 0 Å². The highest BCUT2D eigenvalue weighted by Gasteiger charge is 2.39. The van der Waals surface area contributed by atoms with Crippen molar-refractivity contribution < 1.29 is 71.7 Å². The van der Waals surface area contributed by atoms with E-state index in [9.17, 15) is 53.0 Å². The second-order valence-corrected chi connectivity index (χ2v) is 12.7. The summed E-state index contributed by atoms with van der Waals surface area (Å²) in [5.74, 6) is -2.58. The minimum atomic E-state index is -4.53. The normalized spacial score (nSPS) is 19.5. The number of carbonyl (C=O) groups is 3. The molecule has 15 nitrogen and oxygen atoms in total. The third-order valence-electron chi connectivity index (χ3n) is 8.47. The van der Waals surface area contributed by atoms with Gasteiger partial charge >= 0.3 is 18.1 Å². The number of unbranched alkanes of at least 4 members (excludes halogenated alkanes) is 1. The number of ether oxygens (including phenoxy) is 4. The summed E-state index contributed by atoms with van der Waals surface area (Å²) in [6, 6.07) is 7.75. The number of aliphatic hydroxyl groups is 3. The summed E-state index contributed by atoms with van der Waals surface area (Å²) >= 11 is 0. The first-order valence-electron chi connectivity index (χ1n) is 17.6. The lowest BCUT2D eigenvalue weighted by Crippen LogP contribution is -2.40. The fraction of sp³-hybridized carbons (Fsp3) is 0.447. The molecular weight excluding hydrogens is 749 g/mol. The molecule has 6 atom stereocenters. The number of nitrogens with one attached hydrogen (secondary N) is 1. The van der Waals surface area contributed by atoms with Crippen LogP contribution in [0.4, 0.5) is 13.2 Å². The molecule has 306 valence electrons. The summed E-state index contributed by atoms with van der Waals surface area (Å²) in [6.45, 7) is 0.416. The number of allylic oxidation sites excluding steroid dienone is 2. The van der Waals surface area contributed by atoms with Gasteiger partial charge in [-0.3, -0.25) is 4.79 Å². The third kappa shape index (κ3) is 15.3. The molecule has 1 unspecified atom stereocenters. The van der Waals surface area contributed by atoms with Gasteiger partial charge in [0.2, 0.25) is 5.91 Å². The van der Waals surface area contributed by atoms with Crippen LogP contribution in [0.5, 0.6) is 17.2 Å². The average molecular weight is 795 g/mol. The fourth-order valence-electron chi connectivity index (χ4n) is 5.62. The van der Waals surface area contributed by atoms with Crippen molar-refractivity contribution in [2.24, 2.45) is 11.8 Å². The summed E-state index contributed by atoms with van der Waals surface area (Å²) in [5, 5.41) is 43.0. The second-order valence-electron chi connectivity index (χ2n) is 12.7. The lowest BCUT2D eigenvalue weighted by Gasteiger charge is -2.19.